The molecule has 0 saturated heterocycles. The summed E-state index contributed by atoms with van der Waals surface area (Å²) in [6.45, 7) is 0. The van der Waals surface area contributed by atoms with Crippen molar-refractivity contribution in [2.45, 2.75) is 0 Å². The van der Waals surface area contributed by atoms with Gasteiger partial charge in [-0.25, -0.2) is 0 Å². The van der Waals surface area contributed by atoms with Crippen LogP contribution in [-0.4, -0.2) is 4.57 Å². The maximum atomic E-state index is 6.87. The average molecular weight is 578 g/mol. The molecule has 0 aliphatic heterocycles. The first-order valence-corrected chi connectivity index (χ1v) is 15.2. The van der Waals surface area contributed by atoms with Crippen molar-refractivity contribution in [3.05, 3.63) is 164 Å². The minimum atomic E-state index is 0.769. The highest BCUT2D eigenvalue weighted by molar-refractivity contribution is 6.11. The molecule has 0 radical (unpaired) electrons. The molecule has 0 spiro atoms. The van der Waals surface area contributed by atoms with Gasteiger partial charge in [0, 0.05) is 32.7 Å². The Hall–Kier alpha value is -6.06. The lowest BCUT2D eigenvalue weighted by Gasteiger charge is -2.16. The average Bonchev–Trinajstić information content (AvgIpc) is 3.65. The first-order chi connectivity index (χ1) is 22.3. The van der Waals surface area contributed by atoms with Gasteiger partial charge in [0.25, 0.3) is 0 Å². The lowest BCUT2D eigenvalue weighted by Crippen LogP contribution is -1.98. The standard InChI is InChI=1S/C42H27NO2/c1-2-13-28(14-3-1)29-25-26-37-35(27-29)30-15-4-7-20-36(30)43(37)38-21-8-11-24-41(38)44-39-22-9-5-16-31(39)33-18-12-19-34-32-17-6-10-23-40(32)45-42(33)34/h1-27H. The monoisotopic (exact) mass is 577 g/mol. The summed E-state index contributed by atoms with van der Waals surface area (Å²) in [5.41, 5.74) is 9.37. The quantitative estimate of drug-likeness (QED) is 0.203. The summed E-state index contributed by atoms with van der Waals surface area (Å²) in [4.78, 5) is 0. The van der Waals surface area contributed by atoms with E-state index in [1.54, 1.807) is 0 Å². The zero-order valence-electron chi connectivity index (χ0n) is 24.4. The number of fused-ring (bicyclic) bond motifs is 6. The van der Waals surface area contributed by atoms with Gasteiger partial charge in [-0.3, -0.25) is 0 Å². The summed E-state index contributed by atoms with van der Waals surface area (Å²) < 4.78 is 15.6. The van der Waals surface area contributed by atoms with Crippen LogP contribution in [0.4, 0.5) is 0 Å². The van der Waals surface area contributed by atoms with E-state index in [2.05, 4.69) is 126 Å². The zero-order chi connectivity index (χ0) is 29.7. The molecular formula is C42H27NO2. The first-order valence-electron chi connectivity index (χ1n) is 15.2. The first kappa shape index (κ1) is 25.4. The summed E-state index contributed by atoms with van der Waals surface area (Å²) in [6, 6.07) is 56.9. The number of hydrogen-bond donors (Lipinski definition) is 0. The van der Waals surface area contributed by atoms with Gasteiger partial charge in [-0.1, -0.05) is 121 Å². The van der Waals surface area contributed by atoms with Gasteiger partial charge in [-0.2, -0.15) is 0 Å². The topological polar surface area (TPSA) is 27.3 Å². The summed E-state index contributed by atoms with van der Waals surface area (Å²) >= 11 is 0. The number of nitrogens with zero attached hydrogens (tertiary/aromatic N) is 1. The molecule has 0 bridgehead atoms. The molecule has 9 aromatic rings. The van der Waals surface area contributed by atoms with Crippen LogP contribution in [0, 0.1) is 0 Å². The smallest absolute Gasteiger partial charge is 0.151 e. The van der Waals surface area contributed by atoms with Crippen LogP contribution in [0.25, 0.3) is 71.7 Å². The number of aromatic nitrogens is 1. The predicted octanol–water partition coefficient (Wildman–Crippen LogP) is 11.8. The van der Waals surface area contributed by atoms with Gasteiger partial charge in [-0.15, -0.1) is 0 Å². The Morgan fingerprint density at radius 2 is 1.09 bits per heavy atom. The zero-order valence-corrected chi connectivity index (χ0v) is 24.4. The Labute approximate surface area is 260 Å². The molecule has 9 rings (SSSR count). The molecule has 2 aromatic heterocycles. The molecule has 0 aliphatic carbocycles. The molecule has 0 fully saturated rings. The van der Waals surface area contributed by atoms with E-state index in [1.807, 2.05) is 42.5 Å². The number of ether oxygens (including phenoxy) is 1. The van der Waals surface area contributed by atoms with Crippen LogP contribution in [0.2, 0.25) is 0 Å². The summed E-state index contributed by atoms with van der Waals surface area (Å²) in [7, 11) is 0. The SMILES string of the molecule is c1ccc(-c2ccc3c(c2)c2ccccc2n3-c2ccccc2Oc2ccccc2-c2cccc3c2oc2ccccc23)cc1. The third-order valence-corrected chi connectivity index (χ3v) is 8.69. The van der Waals surface area contributed by atoms with Gasteiger partial charge in [0.1, 0.15) is 16.9 Å². The van der Waals surface area contributed by atoms with Crippen molar-refractivity contribution in [1.82, 2.24) is 4.57 Å². The summed E-state index contributed by atoms with van der Waals surface area (Å²) in [6.07, 6.45) is 0. The summed E-state index contributed by atoms with van der Waals surface area (Å²) in [5, 5.41) is 4.62. The Balaban J connectivity index is 1.21. The number of rotatable bonds is 5. The molecule has 7 aromatic carbocycles. The number of para-hydroxylation sites is 6. The van der Waals surface area contributed by atoms with E-state index >= 15 is 0 Å². The van der Waals surface area contributed by atoms with E-state index in [0.29, 0.717) is 0 Å². The van der Waals surface area contributed by atoms with Gasteiger partial charge in [0.2, 0.25) is 0 Å². The predicted molar refractivity (Wildman–Crippen MR) is 185 cm³/mol. The fraction of sp³-hybridized carbons (Fsp3) is 0. The molecule has 3 nitrogen and oxygen atoms in total. The number of furan rings is 1. The molecule has 2 heterocycles. The van der Waals surface area contributed by atoms with E-state index in [1.165, 1.54) is 21.9 Å². The van der Waals surface area contributed by atoms with E-state index in [9.17, 15) is 0 Å². The molecule has 3 heteroatoms. The second kappa shape index (κ2) is 10.3. The van der Waals surface area contributed by atoms with Gasteiger partial charge < -0.3 is 13.7 Å². The van der Waals surface area contributed by atoms with Crippen LogP contribution in [0.3, 0.4) is 0 Å². The van der Waals surface area contributed by atoms with E-state index in [0.717, 1.165) is 61.3 Å². The van der Waals surface area contributed by atoms with E-state index in [4.69, 9.17) is 9.15 Å². The molecule has 0 N–H and O–H groups in total. The van der Waals surface area contributed by atoms with Gasteiger partial charge in [0.05, 0.1) is 16.7 Å². The minimum Gasteiger partial charge on any atom is -0.455 e. The second-order valence-electron chi connectivity index (χ2n) is 11.3. The Morgan fingerprint density at radius 3 is 2.00 bits per heavy atom. The fourth-order valence-electron chi connectivity index (χ4n) is 6.63. The van der Waals surface area contributed by atoms with Gasteiger partial charge >= 0.3 is 0 Å². The lowest BCUT2D eigenvalue weighted by atomic mass is 10.0. The largest absolute Gasteiger partial charge is 0.455 e. The normalized spacial score (nSPS) is 11.6. The molecular weight excluding hydrogens is 550 g/mol. The molecule has 45 heavy (non-hydrogen) atoms. The van der Waals surface area contributed by atoms with Crippen LogP contribution >= 0.6 is 0 Å². The number of hydrogen-bond acceptors (Lipinski definition) is 2. The molecule has 0 amide bonds. The van der Waals surface area contributed by atoms with Crippen molar-refractivity contribution in [3.8, 4) is 39.4 Å². The van der Waals surface area contributed by atoms with Gasteiger partial charge in [-0.05, 0) is 53.6 Å². The van der Waals surface area contributed by atoms with Crippen LogP contribution in [0.15, 0.2) is 168 Å². The molecule has 212 valence electrons. The van der Waals surface area contributed by atoms with Crippen LogP contribution < -0.4 is 4.74 Å². The molecule has 0 unspecified atom stereocenters. The van der Waals surface area contributed by atoms with E-state index in [-0.39, 0.29) is 0 Å². The number of benzene rings is 7. The van der Waals surface area contributed by atoms with Crippen molar-refractivity contribution in [3.63, 3.8) is 0 Å². The molecule has 0 aliphatic rings. The Kier molecular flexibility index (Phi) is 5.82. The van der Waals surface area contributed by atoms with E-state index < -0.39 is 0 Å². The van der Waals surface area contributed by atoms with Gasteiger partial charge in [0.15, 0.2) is 5.75 Å². The maximum Gasteiger partial charge on any atom is 0.151 e. The maximum absolute atomic E-state index is 6.87. The lowest BCUT2D eigenvalue weighted by molar-refractivity contribution is 0.482. The van der Waals surface area contributed by atoms with Crippen molar-refractivity contribution in [1.29, 1.82) is 0 Å². The minimum absolute atomic E-state index is 0.769. The Morgan fingerprint density at radius 1 is 0.422 bits per heavy atom. The molecule has 0 atom stereocenters. The second-order valence-corrected chi connectivity index (χ2v) is 11.3. The van der Waals surface area contributed by atoms with Crippen LogP contribution in [0.1, 0.15) is 0 Å². The fourth-order valence-corrected chi connectivity index (χ4v) is 6.63. The summed E-state index contributed by atoms with van der Waals surface area (Å²) in [5.74, 6) is 1.54. The van der Waals surface area contributed by atoms with Crippen molar-refractivity contribution in [2.75, 3.05) is 0 Å². The third kappa shape index (κ3) is 4.13. The van der Waals surface area contributed by atoms with Crippen molar-refractivity contribution in [2.24, 2.45) is 0 Å². The van der Waals surface area contributed by atoms with Crippen molar-refractivity contribution >= 4 is 43.7 Å². The van der Waals surface area contributed by atoms with Crippen LogP contribution in [0.5, 0.6) is 11.5 Å². The van der Waals surface area contributed by atoms with Crippen molar-refractivity contribution < 1.29 is 9.15 Å². The third-order valence-electron chi connectivity index (χ3n) is 8.69. The van der Waals surface area contributed by atoms with Crippen LogP contribution in [-0.2, 0) is 0 Å². The Bertz CT molecular complexity index is 2520. The highest BCUT2D eigenvalue weighted by Crippen LogP contribution is 2.43. The molecule has 0 saturated carbocycles. The highest BCUT2D eigenvalue weighted by Gasteiger charge is 2.19. The highest BCUT2D eigenvalue weighted by atomic mass is 16.5.